The molecule has 0 fully saturated rings. The first kappa shape index (κ1) is 12.2. The summed E-state index contributed by atoms with van der Waals surface area (Å²) in [6.07, 6.45) is 1.77. The van der Waals surface area contributed by atoms with Crippen LogP contribution >= 0.6 is 22.6 Å². The highest BCUT2D eigenvalue weighted by Crippen LogP contribution is 2.20. The minimum atomic E-state index is 0.680. The summed E-state index contributed by atoms with van der Waals surface area (Å²) in [5.41, 5.74) is 8.19. The lowest BCUT2D eigenvalue weighted by molar-refractivity contribution is 0.411. The van der Waals surface area contributed by atoms with E-state index in [1.807, 2.05) is 19.1 Å². The zero-order valence-electron chi connectivity index (χ0n) is 9.77. The highest BCUT2D eigenvalue weighted by atomic mass is 127. The van der Waals surface area contributed by atoms with Gasteiger partial charge in [-0.15, -0.1) is 0 Å². The molecule has 0 spiro atoms. The highest BCUT2D eigenvalue weighted by molar-refractivity contribution is 14.1. The minimum absolute atomic E-state index is 0.680. The molecule has 5 heteroatoms. The van der Waals surface area contributed by atoms with E-state index in [0.717, 1.165) is 20.4 Å². The quantitative estimate of drug-likeness (QED) is 0.871. The Hall–Kier alpha value is -1.24. The summed E-state index contributed by atoms with van der Waals surface area (Å²) in [7, 11) is 1.68. The van der Waals surface area contributed by atoms with E-state index in [4.69, 9.17) is 10.5 Å². The maximum atomic E-state index is 5.91. The van der Waals surface area contributed by atoms with Crippen LogP contribution in [0.25, 0.3) is 0 Å². The molecule has 1 aromatic heterocycles. The SMILES string of the molecule is COc1ccc(Cn2ncc(I)c2N)cc1C. The average molecular weight is 343 g/mol. The van der Waals surface area contributed by atoms with Gasteiger partial charge < -0.3 is 10.5 Å². The van der Waals surface area contributed by atoms with Gasteiger partial charge in [0.2, 0.25) is 0 Å². The van der Waals surface area contributed by atoms with Gasteiger partial charge in [-0.25, -0.2) is 4.68 Å². The Kier molecular flexibility index (Phi) is 3.56. The van der Waals surface area contributed by atoms with Gasteiger partial charge in [0, 0.05) is 0 Å². The summed E-state index contributed by atoms with van der Waals surface area (Å²) in [4.78, 5) is 0. The van der Waals surface area contributed by atoms with Crippen LogP contribution in [0.5, 0.6) is 5.75 Å². The van der Waals surface area contributed by atoms with E-state index in [0.29, 0.717) is 12.4 Å². The molecule has 0 unspecified atom stereocenters. The van der Waals surface area contributed by atoms with Crippen LogP contribution in [0.1, 0.15) is 11.1 Å². The van der Waals surface area contributed by atoms with Crippen LogP contribution in [0.4, 0.5) is 5.82 Å². The first-order valence-electron chi connectivity index (χ1n) is 5.22. The van der Waals surface area contributed by atoms with Crippen LogP contribution in [0, 0.1) is 10.5 Å². The van der Waals surface area contributed by atoms with Crippen molar-refractivity contribution in [2.45, 2.75) is 13.5 Å². The van der Waals surface area contributed by atoms with Crippen molar-refractivity contribution >= 4 is 28.4 Å². The van der Waals surface area contributed by atoms with E-state index >= 15 is 0 Å². The fraction of sp³-hybridized carbons (Fsp3) is 0.250. The fourth-order valence-corrected chi connectivity index (χ4v) is 2.11. The largest absolute Gasteiger partial charge is 0.496 e. The number of nitrogen functional groups attached to an aromatic ring is 1. The van der Waals surface area contributed by atoms with Gasteiger partial charge in [-0.3, -0.25) is 0 Å². The highest BCUT2D eigenvalue weighted by Gasteiger charge is 2.06. The van der Waals surface area contributed by atoms with Gasteiger partial charge in [0.25, 0.3) is 0 Å². The molecule has 0 amide bonds. The first-order chi connectivity index (χ1) is 8.11. The number of methoxy groups -OCH3 is 1. The van der Waals surface area contributed by atoms with Crippen LogP contribution < -0.4 is 10.5 Å². The molecule has 0 radical (unpaired) electrons. The molecule has 1 aromatic carbocycles. The Morgan fingerprint density at radius 1 is 1.47 bits per heavy atom. The van der Waals surface area contributed by atoms with E-state index in [2.05, 4.69) is 33.8 Å². The summed E-state index contributed by atoms with van der Waals surface area (Å²) >= 11 is 2.18. The zero-order chi connectivity index (χ0) is 12.4. The van der Waals surface area contributed by atoms with Crippen molar-refractivity contribution in [3.8, 4) is 5.75 Å². The number of halogens is 1. The molecule has 90 valence electrons. The average Bonchev–Trinajstić information content (AvgIpc) is 2.61. The second-order valence-corrected chi connectivity index (χ2v) is 5.00. The van der Waals surface area contributed by atoms with Crippen molar-refractivity contribution in [3.05, 3.63) is 39.1 Å². The van der Waals surface area contributed by atoms with E-state index in [1.165, 1.54) is 0 Å². The Labute approximate surface area is 114 Å². The standard InChI is InChI=1S/C12H14IN3O/c1-8-5-9(3-4-11(8)17-2)7-16-12(14)10(13)6-15-16/h3-6H,7,14H2,1-2H3. The van der Waals surface area contributed by atoms with Gasteiger partial charge in [0.05, 0.1) is 23.4 Å². The number of aromatic nitrogens is 2. The number of nitrogens with two attached hydrogens (primary N) is 1. The van der Waals surface area contributed by atoms with Gasteiger partial charge >= 0.3 is 0 Å². The van der Waals surface area contributed by atoms with Crippen molar-refractivity contribution < 1.29 is 4.74 Å². The molecule has 0 aliphatic heterocycles. The molecule has 0 aliphatic rings. The third-order valence-electron chi connectivity index (χ3n) is 2.62. The number of hydrogen-bond donors (Lipinski definition) is 1. The lowest BCUT2D eigenvalue weighted by Gasteiger charge is -2.08. The summed E-state index contributed by atoms with van der Waals surface area (Å²) in [6.45, 7) is 2.71. The Balaban J connectivity index is 2.25. The zero-order valence-corrected chi connectivity index (χ0v) is 11.9. The smallest absolute Gasteiger partial charge is 0.135 e. The summed E-state index contributed by atoms with van der Waals surface area (Å²) in [6, 6.07) is 6.09. The van der Waals surface area contributed by atoms with Crippen molar-refractivity contribution in [2.24, 2.45) is 0 Å². The maximum Gasteiger partial charge on any atom is 0.135 e. The van der Waals surface area contributed by atoms with E-state index in [-0.39, 0.29) is 0 Å². The number of ether oxygens (including phenoxy) is 1. The molecule has 2 aromatic rings. The summed E-state index contributed by atoms with van der Waals surface area (Å²) in [5, 5.41) is 4.24. The Morgan fingerprint density at radius 2 is 2.24 bits per heavy atom. The number of benzene rings is 1. The van der Waals surface area contributed by atoms with Crippen LogP contribution in [0.15, 0.2) is 24.4 Å². The van der Waals surface area contributed by atoms with Gasteiger partial charge in [-0.05, 0) is 46.7 Å². The molecule has 0 bridgehead atoms. The van der Waals surface area contributed by atoms with Gasteiger partial charge in [0.1, 0.15) is 11.6 Å². The van der Waals surface area contributed by atoms with Crippen LogP contribution in [-0.4, -0.2) is 16.9 Å². The van der Waals surface area contributed by atoms with Crippen LogP contribution in [-0.2, 0) is 6.54 Å². The van der Waals surface area contributed by atoms with Crippen LogP contribution in [0.2, 0.25) is 0 Å². The molecule has 2 N–H and O–H groups in total. The monoisotopic (exact) mass is 343 g/mol. The molecule has 4 nitrogen and oxygen atoms in total. The van der Waals surface area contributed by atoms with E-state index < -0.39 is 0 Å². The summed E-state index contributed by atoms with van der Waals surface area (Å²) in [5.74, 6) is 1.61. The maximum absolute atomic E-state index is 5.91. The Morgan fingerprint density at radius 3 is 2.76 bits per heavy atom. The number of hydrogen-bond acceptors (Lipinski definition) is 3. The molecule has 0 saturated carbocycles. The van der Waals surface area contributed by atoms with Gasteiger partial charge in [-0.1, -0.05) is 12.1 Å². The molecule has 1 heterocycles. The normalized spacial score (nSPS) is 10.5. The number of nitrogens with zero attached hydrogens (tertiary/aromatic N) is 2. The van der Waals surface area contributed by atoms with E-state index in [1.54, 1.807) is 18.0 Å². The number of rotatable bonds is 3. The molecule has 0 atom stereocenters. The third-order valence-corrected chi connectivity index (χ3v) is 3.46. The molecular formula is C12H14IN3O. The first-order valence-corrected chi connectivity index (χ1v) is 6.30. The molecule has 0 saturated heterocycles. The van der Waals surface area contributed by atoms with Crippen molar-refractivity contribution in [2.75, 3.05) is 12.8 Å². The minimum Gasteiger partial charge on any atom is -0.496 e. The third kappa shape index (κ3) is 2.54. The second-order valence-electron chi connectivity index (χ2n) is 3.84. The predicted octanol–water partition coefficient (Wildman–Crippen LogP) is 2.44. The number of aryl methyl sites for hydroxylation is 1. The van der Waals surface area contributed by atoms with Gasteiger partial charge in [0.15, 0.2) is 0 Å². The predicted molar refractivity (Wildman–Crippen MR) is 76.2 cm³/mol. The summed E-state index contributed by atoms with van der Waals surface area (Å²) < 4.78 is 8.00. The topological polar surface area (TPSA) is 53.1 Å². The fourth-order valence-electron chi connectivity index (χ4n) is 1.71. The van der Waals surface area contributed by atoms with Crippen molar-refractivity contribution in [3.63, 3.8) is 0 Å². The van der Waals surface area contributed by atoms with Crippen molar-refractivity contribution in [1.82, 2.24) is 9.78 Å². The second kappa shape index (κ2) is 4.95. The number of anilines is 1. The molecule has 0 aliphatic carbocycles. The van der Waals surface area contributed by atoms with Crippen molar-refractivity contribution in [1.29, 1.82) is 0 Å². The lowest BCUT2D eigenvalue weighted by atomic mass is 10.1. The molecular weight excluding hydrogens is 329 g/mol. The Bertz CT molecular complexity index is 537. The molecule has 2 rings (SSSR count). The van der Waals surface area contributed by atoms with Crippen LogP contribution in [0.3, 0.4) is 0 Å². The van der Waals surface area contributed by atoms with E-state index in [9.17, 15) is 0 Å². The lowest BCUT2D eigenvalue weighted by Crippen LogP contribution is -2.06. The van der Waals surface area contributed by atoms with Gasteiger partial charge in [-0.2, -0.15) is 5.10 Å². The molecule has 17 heavy (non-hydrogen) atoms.